The van der Waals surface area contributed by atoms with Crippen LogP contribution in [0.15, 0.2) is 30.3 Å². The van der Waals surface area contributed by atoms with Crippen LogP contribution in [0.1, 0.15) is 55.3 Å². The van der Waals surface area contributed by atoms with Gasteiger partial charge in [0, 0.05) is 37.7 Å². The highest BCUT2D eigenvalue weighted by molar-refractivity contribution is 5.94. The maximum absolute atomic E-state index is 12.3. The second-order valence-corrected chi connectivity index (χ2v) is 7.76. The molecule has 0 radical (unpaired) electrons. The molecule has 6 heteroatoms. The van der Waals surface area contributed by atoms with E-state index in [2.05, 4.69) is 15.5 Å². The number of nitrogens with one attached hydrogen (secondary N) is 2. The molecule has 1 heterocycles. The first kappa shape index (κ1) is 19.8. The molecule has 27 heavy (non-hydrogen) atoms. The number of aliphatic hydroxyl groups is 1. The Morgan fingerprint density at radius 3 is 2.48 bits per heavy atom. The van der Waals surface area contributed by atoms with Gasteiger partial charge in [0.2, 0.25) is 5.91 Å². The summed E-state index contributed by atoms with van der Waals surface area (Å²) < 4.78 is 0. The molecule has 2 amide bonds. The molecule has 148 valence electrons. The first-order chi connectivity index (χ1) is 13.1. The van der Waals surface area contributed by atoms with E-state index in [9.17, 15) is 14.7 Å². The van der Waals surface area contributed by atoms with Crippen molar-refractivity contribution in [3.05, 3.63) is 35.9 Å². The Kier molecular flexibility index (Phi) is 7.24. The molecule has 3 N–H and O–H groups in total. The molecule has 0 bridgehead atoms. The molecule has 0 unspecified atom stereocenters. The zero-order valence-corrected chi connectivity index (χ0v) is 15.9. The quantitative estimate of drug-likeness (QED) is 0.709. The van der Waals surface area contributed by atoms with Crippen LogP contribution in [0.5, 0.6) is 0 Å². The fraction of sp³-hybridized carbons (Fsp3) is 0.619. The van der Waals surface area contributed by atoms with E-state index in [1.54, 1.807) is 12.1 Å². The van der Waals surface area contributed by atoms with E-state index in [4.69, 9.17) is 0 Å². The minimum Gasteiger partial charge on any atom is -0.390 e. The lowest BCUT2D eigenvalue weighted by atomic mass is 9.95. The van der Waals surface area contributed by atoms with Gasteiger partial charge in [-0.25, -0.2) is 0 Å². The lowest BCUT2D eigenvalue weighted by Crippen LogP contribution is -2.54. The molecule has 3 rings (SSSR count). The molecule has 6 nitrogen and oxygen atoms in total. The van der Waals surface area contributed by atoms with Gasteiger partial charge in [-0.3, -0.25) is 9.59 Å². The van der Waals surface area contributed by atoms with Crippen molar-refractivity contribution in [2.75, 3.05) is 19.6 Å². The molecule has 1 aromatic carbocycles. The second kappa shape index (κ2) is 9.85. The van der Waals surface area contributed by atoms with Crippen LogP contribution in [-0.4, -0.2) is 59.6 Å². The number of benzene rings is 1. The fourth-order valence-corrected chi connectivity index (χ4v) is 4.02. The van der Waals surface area contributed by atoms with Gasteiger partial charge in [-0.2, -0.15) is 0 Å². The highest BCUT2D eigenvalue weighted by Gasteiger charge is 2.29. The average Bonchev–Trinajstić information content (AvgIpc) is 2.69. The number of hydrogen-bond donors (Lipinski definition) is 3. The van der Waals surface area contributed by atoms with Crippen LogP contribution < -0.4 is 10.6 Å². The van der Waals surface area contributed by atoms with Crippen molar-refractivity contribution in [1.82, 2.24) is 15.5 Å². The van der Waals surface area contributed by atoms with Crippen molar-refractivity contribution in [3.63, 3.8) is 0 Å². The van der Waals surface area contributed by atoms with Gasteiger partial charge in [-0.1, -0.05) is 37.5 Å². The maximum atomic E-state index is 12.3. The van der Waals surface area contributed by atoms with Gasteiger partial charge >= 0.3 is 0 Å². The van der Waals surface area contributed by atoms with E-state index in [0.29, 0.717) is 37.5 Å². The third kappa shape index (κ3) is 6.04. The number of hydrogen-bond acceptors (Lipinski definition) is 4. The standard InChI is InChI=1S/C21H31N3O3/c25-19-15-24(14-12-20(26)22-17-9-5-2-6-10-17)13-11-18(19)23-21(27)16-7-3-1-4-8-16/h1,3-4,7-8,17-19,25H,2,5-6,9-15H2,(H,22,26)(H,23,27)/t18-,19-/m1/s1. The molecule has 1 aromatic rings. The summed E-state index contributed by atoms with van der Waals surface area (Å²) >= 11 is 0. The average molecular weight is 373 g/mol. The summed E-state index contributed by atoms with van der Waals surface area (Å²) in [6, 6.07) is 9.15. The highest BCUT2D eigenvalue weighted by atomic mass is 16.3. The summed E-state index contributed by atoms with van der Waals surface area (Å²) in [7, 11) is 0. The van der Waals surface area contributed by atoms with Gasteiger partial charge in [0.05, 0.1) is 12.1 Å². The Morgan fingerprint density at radius 1 is 1.04 bits per heavy atom. The minimum absolute atomic E-state index is 0.107. The van der Waals surface area contributed by atoms with Crippen molar-refractivity contribution in [3.8, 4) is 0 Å². The number of β-amino-alcohol motifs (C(OH)–C–C–N with tert-alkyl or cyclic N) is 1. The fourth-order valence-electron chi connectivity index (χ4n) is 4.02. The topological polar surface area (TPSA) is 81.7 Å². The maximum Gasteiger partial charge on any atom is 0.251 e. The summed E-state index contributed by atoms with van der Waals surface area (Å²) in [4.78, 5) is 26.5. The van der Waals surface area contributed by atoms with Gasteiger partial charge < -0.3 is 20.6 Å². The number of rotatable bonds is 6. The second-order valence-electron chi connectivity index (χ2n) is 7.76. The molecule has 0 spiro atoms. The van der Waals surface area contributed by atoms with Crippen molar-refractivity contribution in [2.45, 2.75) is 63.1 Å². The van der Waals surface area contributed by atoms with Crippen molar-refractivity contribution in [1.29, 1.82) is 0 Å². The van der Waals surface area contributed by atoms with Gasteiger partial charge in [0.1, 0.15) is 0 Å². The summed E-state index contributed by atoms with van der Waals surface area (Å²) in [6.07, 6.45) is 6.41. The lowest BCUT2D eigenvalue weighted by Gasteiger charge is -2.36. The number of piperidine rings is 1. The van der Waals surface area contributed by atoms with Crippen LogP contribution >= 0.6 is 0 Å². The first-order valence-electron chi connectivity index (χ1n) is 10.2. The van der Waals surface area contributed by atoms with Crippen LogP contribution in [0.2, 0.25) is 0 Å². The molecule has 0 aromatic heterocycles. The molecule has 1 aliphatic heterocycles. The molecule has 1 saturated heterocycles. The number of amides is 2. The van der Waals surface area contributed by atoms with Crippen LogP contribution in [0.25, 0.3) is 0 Å². The summed E-state index contributed by atoms with van der Waals surface area (Å²) in [5.74, 6) is -0.0455. The van der Waals surface area contributed by atoms with E-state index in [1.165, 1.54) is 19.3 Å². The van der Waals surface area contributed by atoms with E-state index in [-0.39, 0.29) is 17.9 Å². The Labute approximate surface area is 161 Å². The zero-order valence-electron chi connectivity index (χ0n) is 15.9. The van der Waals surface area contributed by atoms with Gasteiger partial charge in [0.15, 0.2) is 0 Å². The van der Waals surface area contributed by atoms with Crippen LogP contribution in [-0.2, 0) is 4.79 Å². The van der Waals surface area contributed by atoms with E-state index >= 15 is 0 Å². The van der Waals surface area contributed by atoms with Gasteiger partial charge in [0.25, 0.3) is 5.91 Å². The molecule has 2 atom stereocenters. The Balaban J connectivity index is 1.38. The summed E-state index contributed by atoms with van der Waals surface area (Å²) in [5.41, 5.74) is 0.603. The van der Waals surface area contributed by atoms with Crippen LogP contribution in [0.3, 0.4) is 0 Å². The number of aliphatic hydroxyl groups excluding tert-OH is 1. The Bertz CT molecular complexity index is 616. The molecule has 1 aliphatic carbocycles. The molecule has 1 saturated carbocycles. The van der Waals surface area contributed by atoms with E-state index in [0.717, 1.165) is 19.4 Å². The molecular formula is C21H31N3O3. The molecule has 2 aliphatic rings. The number of likely N-dealkylation sites (tertiary alicyclic amines) is 1. The summed E-state index contributed by atoms with van der Waals surface area (Å²) in [5, 5.41) is 16.5. The van der Waals surface area contributed by atoms with Gasteiger partial charge in [-0.15, -0.1) is 0 Å². The molecule has 2 fully saturated rings. The lowest BCUT2D eigenvalue weighted by molar-refractivity contribution is -0.122. The van der Waals surface area contributed by atoms with Crippen LogP contribution in [0, 0.1) is 0 Å². The predicted octanol–water partition coefficient (Wildman–Crippen LogP) is 1.69. The van der Waals surface area contributed by atoms with Crippen LogP contribution in [0.4, 0.5) is 0 Å². The number of carbonyl (C=O) groups excluding carboxylic acids is 2. The van der Waals surface area contributed by atoms with E-state index in [1.807, 2.05) is 18.2 Å². The zero-order chi connectivity index (χ0) is 19.1. The Hall–Kier alpha value is -1.92. The van der Waals surface area contributed by atoms with Crippen molar-refractivity contribution in [2.24, 2.45) is 0 Å². The molecular weight excluding hydrogens is 342 g/mol. The van der Waals surface area contributed by atoms with Crippen molar-refractivity contribution >= 4 is 11.8 Å². The number of carbonyl (C=O) groups is 2. The SMILES string of the molecule is O=C(CCN1CC[C@@H](NC(=O)c2ccccc2)[C@H](O)C1)NC1CCCCC1. The third-order valence-corrected chi connectivity index (χ3v) is 5.64. The van der Waals surface area contributed by atoms with Gasteiger partial charge in [-0.05, 0) is 31.4 Å². The smallest absolute Gasteiger partial charge is 0.251 e. The Morgan fingerprint density at radius 2 is 1.78 bits per heavy atom. The normalized spacial score (nSPS) is 24.3. The monoisotopic (exact) mass is 373 g/mol. The minimum atomic E-state index is -0.618. The first-order valence-corrected chi connectivity index (χ1v) is 10.2. The summed E-state index contributed by atoms with van der Waals surface area (Å²) in [6.45, 7) is 1.90. The predicted molar refractivity (Wildman–Crippen MR) is 104 cm³/mol. The third-order valence-electron chi connectivity index (χ3n) is 5.64. The van der Waals surface area contributed by atoms with Crippen molar-refractivity contribution < 1.29 is 14.7 Å². The number of nitrogens with zero attached hydrogens (tertiary/aromatic N) is 1. The largest absolute Gasteiger partial charge is 0.390 e. The van der Waals surface area contributed by atoms with E-state index < -0.39 is 6.10 Å². The highest BCUT2D eigenvalue weighted by Crippen LogP contribution is 2.17.